The minimum atomic E-state index is 0. The second-order valence-electron chi connectivity index (χ2n) is 16.0. The summed E-state index contributed by atoms with van der Waals surface area (Å²) in [6.45, 7) is 7.00. The van der Waals surface area contributed by atoms with E-state index in [0.717, 1.165) is 0 Å². The third-order valence-electron chi connectivity index (χ3n) is 11.3. The number of nitrogens with zero attached hydrogens (tertiary/aromatic N) is 2. The quantitative estimate of drug-likeness (QED) is 0.0337. The molecule has 0 N–H and O–H groups in total. The van der Waals surface area contributed by atoms with Gasteiger partial charge in [-0.1, -0.05) is 217 Å². The van der Waals surface area contributed by atoms with Gasteiger partial charge in [0.1, 0.15) is 7.05 Å². The van der Waals surface area contributed by atoms with Gasteiger partial charge in [0.05, 0.1) is 5.39 Å². The number of unbranched alkanes of at least 4 members (excludes halogenated alkanes) is 26. The first-order valence-electron chi connectivity index (χ1n) is 22.6. The van der Waals surface area contributed by atoms with Gasteiger partial charge in [-0.25, -0.2) is 4.57 Å². The lowest BCUT2D eigenvalue weighted by Crippen LogP contribution is -2.28. The zero-order valence-electron chi connectivity index (χ0n) is 34.9. The second kappa shape index (κ2) is 32.4. The lowest BCUT2D eigenvalue weighted by molar-refractivity contribution is -0.644. The smallest absolute Gasteiger partial charge is 0.212 e. The van der Waals surface area contributed by atoms with Crippen molar-refractivity contribution < 1.29 is 4.57 Å². The van der Waals surface area contributed by atoms with Gasteiger partial charge in [0.25, 0.3) is 0 Å². The average molecular weight is 838 g/mol. The first-order valence-corrected chi connectivity index (χ1v) is 22.6. The third kappa shape index (κ3) is 21.7. The van der Waals surface area contributed by atoms with Crippen LogP contribution in [-0.4, -0.2) is 13.1 Å². The van der Waals surface area contributed by atoms with E-state index in [0.29, 0.717) is 0 Å². The lowest BCUT2D eigenvalue weighted by Gasteiger charge is -2.25. The molecule has 0 saturated carbocycles. The van der Waals surface area contributed by atoms with E-state index >= 15 is 0 Å². The van der Waals surface area contributed by atoms with Gasteiger partial charge in [0.15, 0.2) is 6.20 Å². The van der Waals surface area contributed by atoms with Crippen LogP contribution < -0.4 is 9.47 Å². The molecule has 0 unspecified atom stereocenters. The molecule has 1 aromatic heterocycles. The van der Waals surface area contributed by atoms with Crippen LogP contribution in [0.4, 0.5) is 5.69 Å². The maximum absolute atomic E-state index is 2.69. The van der Waals surface area contributed by atoms with Crippen LogP contribution in [0, 0.1) is 0 Å². The highest BCUT2D eigenvalue weighted by atomic mass is 127. The van der Waals surface area contributed by atoms with Crippen LogP contribution in [0.3, 0.4) is 0 Å². The summed E-state index contributed by atoms with van der Waals surface area (Å²) in [5, 5.41) is 1.30. The second-order valence-corrected chi connectivity index (χ2v) is 16.0. The van der Waals surface area contributed by atoms with Crippen molar-refractivity contribution in [3.05, 3.63) is 71.9 Å². The normalized spacial score (nSPS) is 11.5. The van der Waals surface area contributed by atoms with Crippen LogP contribution in [0.1, 0.15) is 205 Å². The SMILES string of the molecule is CCCCCCCCCCCCCCCCN(CCCCCCCCCCCCCCCC)c1ccc(/C=C/c2cc[n+](C)c3ccccc23)cc1.I. The summed E-state index contributed by atoms with van der Waals surface area (Å²) in [4.78, 5) is 2.69. The van der Waals surface area contributed by atoms with Gasteiger partial charge in [-0.2, -0.15) is 0 Å². The Morgan fingerprint density at radius 2 is 0.849 bits per heavy atom. The van der Waals surface area contributed by atoms with E-state index in [4.69, 9.17) is 0 Å². The third-order valence-corrected chi connectivity index (χ3v) is 11.3. The number of aromatic nitrogens is 1. The van der Waals surface area contributed by atoms with Crippen molar-refractivity contribution in [3.8, 4) is 0 Å². The topological polar surface area (TPSA) is 7.12 Å². The predicted octanol–water partition coefficient (Wildman–Crippen LogP) is 16.2. The fraction of sp³-hybridized carbons (Fsp3) is 0.660. The fourth-order valence-electron chi connectivity index (χ4n) is 7.88. The summed E-state index contributed by atoms with van der Waals surface area (Å²) in [7, 11) is 2.12. The molecule has 2 nitrogen and oxygen atoms in total. The molecule has 3 aromatic rings. The van der Waals surface area contributed by atoms with Gasteiger partial charge in [-0.05, 0) is 42.2 Å². The van der Waals surface area contributed by atoms with Gasteiger partial charge in [-0.15, -0.1) is 24.0 Å². The predicted molar refractivity (Wildman–Crippen MR) is 249 cm³/mol. The van der Waals surface area contributed by atoms with Gasteiger partial charge in [0.2, 0.25) is 5.52 Å². The van der Waals surface area contributed by atoms with Gasteiger partial charge in [0, 0.05) is 30.9 Å². The summed E-state index contributed by atoms with van der Waals surface area (Å²) in [5.74, 6) is 0. The number of hydrogen-bond acceptors (Lipinski definition) is 1. The van der Waals surface area contributed by atoms with Crippen LogP contribution in [0.2, 0.25) is 0 Å². The molecule has 0 atom stereocenters. The average Bonchev–Trinajstić information content (AvgIpc) is 3.17. The monoisotopic (exact) mass is 838 g/mol. The molecule has 3 rings (SSSR count). The number of para-hydroxylation sites is 1. The van der Waals surface area contributed by atoms with Crippen molar-refractivity contribution in [1.29, 1.82) is 0 Å². The van der Waals surface area contributed by atoms with E-state index in [9.17, 15) is 0 Å². The summed E-state index contributed by atoms with van der Waals surface area (Å²) < 4.78 is 2.20. The van der Waals surface area contributed by atoms with Crippen molar-refractivity contribution in [2.75, 3.05) is 18.0 Å². The molecule has 0 spiro atoms. The minimum absolute atomic E-state index is 0. The number of hydrogen-bond donors (Lipinski definition) is 0. The Morgan fingerprint density at radius 3 is 1.28 bits per heavy atom. The van der Waals surface area contributed by atoms with E-state index in [1.807, 2.05) is 0 Å². The van der Waals surface area contributed by atoms with Gasteiger partial charge >= 0.3 is 0 Å². The van der Waals surface area contributed by atoms with Crippen LogP contribution in [-0.2, 0) is 7.05 Å². The molecule has 2 aromatic carbocycles. The maximum atomic E-state index is 2.69. The van der Waals surface area contributed by atoms with E-state index in [1.54, 1.807) is 0 Å². The van der Waals surface area contributed by atoms with Crippen molar-refractivity contribution in [2.45, 2.75) is 194 Å². The Morgan fingerprint density at radius 1 is 0.453 bits per heavy atom. The zero-order valence-corrected chi connectivity index (χ0v) is 37.3. The minimum Gasteiger partial charge on any atom is -0.372 e. The molecule has 0 amide bonds. The summed E-state index contributed by atoms with van der Waals surface area (Å²) >= 11 is 0. The lowest BCUT2D eigenvalue weighted by atomic mass is 10.0. The highest BCUT2D eigenvalue weighted by molar-refractivity contribution is 14.0. The standard InChI is InChI=1S/C50H81N2.HI/c1-4-6-8-10-12-14-16-18-20-22-24-26-28-32-43-52(44-33-29-27-25-23-21-19-17-15-13-11-9-7-5-2)48-40-37-46(38-41-48)36-39-47-42-45-51(3)50-35-31-30-34-49(47)50;/h30-31,34-42,45H,4-29,32-33,43-44H2,1-3H3;1H/q+1;. The fourth-order valence-corrected chi connectivity index (χ4v) is 7.88. The molecule has 0 aliphatic carbocycles. The molecule has 1 heterocycles. The van der Waals surface area contributed by atoms with E-state index in [-0.39, 0.29) is 24.0 Å². The molecule has 0 radical (unpaired) electrons. The zero-order chi connectivity index (χ0) is 36.7. The van der Waals surface area contributed by atoms with E-state index < -0.39 is 0 Å². The van der Waals surface area contributed by atoms with E-state index in [2.05, 4.69) is 103 Å². The Bertz CT molecular complexity index is 1270. The molecular formula is C50H82IN2+. The van der Waals surface area contributed by atoms with E-state index in [1.165, 1.54) is 221 Å². The van der Waals surface area contributed by atoms with Crippen LogP contribution in [0.15, 0.2) is 60.8 Å². The van der Waals surface area contributed by atoms with Crippen molar-refractivity contribution in [1.82, 2.24) is 0 Å². The molecule has 0 bridgehead atoms. The molecule has 0 aliphatic heterocycles. The molecule has 0 fully saturated rings. The number of pyridine rings is 1. The largest absolute Gasteiger partial charge is 0.372 e. The van der Waals surface area contributed by atoms with Crippen LogP contribution in [0.5, 0.6) is 0 Å². The first-order chi connectivity index (χ1) is 25.7. The van der Waals surface area contributed by atoms with Crippen molar-refractivity contribution in [3.63, 3.8) is 0 Å². The summed E-state index contributed by atoms with van der Waals surface area (Å²) in [5.41, 5.74) is 5.21. The number of rotatable bonds is 33. The molecule has 0 saturated heterocycles. The molecular weight excluding hydrogens is 755 g/mol. The summed E-state index contributed by atoms with van der Waals surface area (Å²) in [6, 6.07) is 20.3. The molecule has 53 heavy (non-hydrogen) atoms. The maximum Gasteiger partial charge on any atom is 0.212 e. The number of fused-ring (bicyclic) bond motifs is 1. The highest BCUT2D eigenvalue weighted by Gasteiger charge is 2.09. The first kappa shape index (κ1) is 47.3. The van der Waals surface area contributed by atoms with Gasteiger partial charge in [-0.3, -0.25) is 0 Å². The number of aryl methyl sites for hydroxylation is 1. The number of halogens is 1. The highest BCUT2D eigenvalue weighted by Crippen LogP contribution is 2.22. The number of anilines is 1. The Hall–Kier alpha value is -1.88. The summed E-state index contributed by atoms with van der Waals surface area (Å²) in [6.07, 6.45) is 46.5. The molecule has 298 valence electrons. The van der Waals surface area contributed by atoms with Gasteiger partial charge < -0.3 is 4.90 Å². The Labute approximate surface area is 346 Å². The van der Waals surface area contributed by atoms with Crippen molar-refractivity contribution in [2.24, 2.45) is 7.05 Å². The van der Waals surface area contributed by atoms with Crippen molar-refractivity contribution >= 4 is 52.7 Å². The van der Waals surface area contributed by atoms with Crippen LogP contribution >= 0.6 is 24.0 Å². The van der Waals surface area contributed by atoms with Crippen LogP contribution in [0.25, 0.3) is 23.1 Å². The molecule has 0 aliphatic rings. The molecule has 3 heteroatoms. The number of benzene rings is 2. The Balaban J connectivity index is 0.00000972. The Kier molecular flexibility index (Phi) is 28.9.